The third-order valence-corrected chi connectivity index (χ3v) is 5.98. The Hall–Kier alpha value is -3.75. The molecular weight excluding hydrogens is 480 g/mol. The highest BCUT2D eigenvalue weighted by atomic mass is 35.5. The van der Waals surface area contributed by atoms with Crippen molar-refractivity contribution < 1.29 is 14.6 Å². The van der Waals surface area contributed by atoms with E-state index >= 15 is 0 Å². The second-order valence-corrected chi connectivity index (χ2v) is 9.30. The number of aromatic nitrogens is 4. The van der Waals surface area contributed by atoms with Crippen molar-refractivity contribution in [2.45, 2.75) is 39.9 Å². The molecule has 0 bridgehead atoms. The molecule has 4 rings (SSSR count). The maximum atomic E-state index is 13.3. The van der Waals surface area contributed by atoms with E-state index in [-0.39, 0.29) is 17.5 Å². The number of benzene rings is 1. The number of aryl methyl sites for hydroxylation is 2. The van der Waals surface area contributed by atoms with Gasteiger partial charge in [0.1, 0.15) is 28.7 Å². The molecule has 0 radical (unpaired) electrons. The predicted octanol–water partition coefficient (Wildman–Crippen LogP) is 4.77. The van der Waals surface area contributed by atoms with Gasteiger partial charge in [-0.15, -0.1) is 0 Å². The molecule has 3 heterocycles. The van der Waals surface area contributed by atoms with Crippen LogP contribution in [0, 0.1) is 13.8 Å². The van der Waals surface area contributed by atoms with Gasteiger partial charge < -0.3 is 14.6 Å². The molecule has 186 valence electrons. The van der Waals surface area contributed by atoms with Crippen molar-refractivity contribution in [1.29, 1.82) is 0 Å². The monoisotopic (exact) mass is 506 g/mol. The van der Waals surface area contributed by atoms with Crippen LogP contribution in [0.25, 0.3) is 17.1 Å². The Morgan fingerprint density at radius 3 is 2.44 bits per heavy atom. The number of ether oxygens (including phenoxy) is 2. The third-order valence-electron chi connectivity index (χ3n) is 5.63. The van der Waals surface area contributed by atoms with Crippen LogP contribution in [-0.2, 0) is 12.2 Å². The summed E-state index contributed by atoms with van der Waals surface area (Å²) in [6, 6.07) is 12.7. The van der Waals surface area contributed by atoms with Gasteiger partial charge in [0.25, 0.3) is 5.56 Å². The molecule has 0 amide bonds. The van der Waals surface area contributed by atoms with E-state index < -0.39 is 11.2 Å². The summed E-state index contributed by atoms with van der Waals surface area (Å²) in [6.07, 6.45) is 3.24. The van der Waals surface area contributed by atoms with Crippen molar-refractivity contribution >= 4 is 11.6 Å². The van der Waals surface area contributed by atoms with Crippen LogP contribution in [0.4, 0.5) is 0 Å². The highest BCUT2D eigenvalue weighted by Crippen LogP contribution is 2.27. The molecule has 0 spiro atoms. The van der Waals surface area contributed by atoms with Gasteiger partial charge in [0.05, 0.1) is 24.2 Å². The predicted molar refractivity (Wildman–Crippen MR) is 138 cm³/mol. The van der Waals surface area contributed by atoms with Crippen molar-refractivity contribution in [3.63, 3.8) is 0 Å². The van der Waals surface area contributed by atoms with E-state index in [1.54, 1.807) is 51.6 Å². The number of nitrogens with zero attached hydrogens (tertiary/aromatic N) is 4. The van der Waals surface area contributed by atoms with Crippen molar-refractivity contribution in [2.75, 3.05) is 7.11 Å². The first-order chi connectivity index (χ1) is 17.1. The van der Waals surface area contributed by atoms with Gasteiger partial charge in [0, 0.05) is 24.2 Å². The topological polar surface area (TPSA) is 99.4 Å². The standard InChI is InChI=1S/C27H27ClN4O4/c1-16-14-30-21(20-10-11-29-26(31-20)27(3,4)34)13-22(16)32-17(2)12-23(24(28)25(32)33)36-15-18-6-8-19(35-5)9-7-18/h6-14,34H,15H2,1-5H3. The van der Waals surface area contributed by atoms with Crippen LogP contribution >= 0.6 is 11.6 Å². The highest BCUT2D eigenvalue weighted by molar-refractivity contribution is 6.31. The number of pyridine rings is 2. The molecule has 0 saturated carbocycles. The van der Waals surface area contributed by atoms with E-state index in [9.17, 15) is 9.90 Å². The molecular formula is C27H27ClN4O4. The first-order valence-corrected chi connectivity index (χ1v) is 11.7. The summed E-state index contributed by atoms with van der Waals surface area (Å²) in [5.41, 5.74) is 2.42. The Labute approximate surface area is 214 Å². The van der Waals surface area contributed by atoms with Gasteiger partial charge in [-0.3, -0.25) is 14.3 Å². The summed E-state index contributed by atoms with van der Waals surface area (Å²) in [5.74, 6) is 1.34. The largest absolute Gasteiger partial charge is 0.497 e. The number of aliphatic hydroxyl groups is 1. The summed E-state index contributed by atoms with van der Waals surface area (Å²) in [4.78, 5) is 26.4. The second kappa shape index (κ2) is 10.1. The zero-order valence-electron chi connectivity index (χ0n) is 20.7. The lowest BCUT2D eigenvalue weighted by Crippen LogP contribution is -2.23. The molecule has 1 aromatic carbocycles. The lowest BCUT2D eigenvalue weighted by atomic mass is 10.1. The molecule has 4 aromatic rings. The van der Waals surface area contributed by atoms with E-state index in [1.807, 2.05) is 38.1 Å². The Balaban J connectivity index is 1.69. The van der Waals surface area contributed by atoms with Crippen LogP contribution < -0.4 is 15.0 Å². The minimum atomic E-state index is -1.20. The fraction of sp³-hybridized carbons (Fsp3) is 0.259. The highest BCUT2D eigenvalue weighted by Gasteiger charge is 2.21. The molecule has 36 heavy (non-hydrogen) atoms. The zero-order valence-corrected chi connectivity index (χ0v) is 21.5. The fourth-order valence-electron chi connectivity index (χ4n) is 3.66. The second-order valence-electron chi connectivity index (χ2n) is 8.92. The zero-order chi connectivity index (χ0) is 26.0. The van der Waals surface area contributed by atoms with Gasteiger partial charge >= 0.3 is 0 Å². The summed E-state index contributed by atoms with van der Waals surface area (Å²) in [7, 11) is 1.61. The summed E-state index contributed by atoms with van der Waals surface area (Å²) < 4.78 is 12.6. The van der Waals surface area contributed by atoms with Gasteiger partial charge in [-0.2, -0.15) is 0 Å². The molecule has 0 atom stereocenters. The number of halogens is 1. The molecule has 0 aliphatic rings. The van der Waals surface area contributed by atoms with E-state index in [2.05, 4.69) is 15.0 Å². The lowest BCUT2D eigenvalue weighted by molar-refractivity contribution is 0.0688. The first kappa shape index (κ1) is 25.3. The normalized spacial score (nSPS) is 11.4. The molecule has 8 nitrogen and oxygen atoms in total. The third kappa shape index (κ3) is 5.24. The number of hydrogen-bond donors (Lipinski definition) is 1. The van der Waals surface area contributed by atoms with E-state index in [4.69, 9.17) is 21.1 Å². The quantitative estimate of drug-likeness (QED) is 0.385. The van der Waals surface area contributed by atoms with Crippen LogP contribution in [0.15, 0.2) is 59.7 Å². The van der Waals surface area contributed by atoms with E-state index in [1.165, 1.54) is 4.57 Å². The van der Waals surface area contributed by atoms with Gasteiger partial charge in [-0.25, -0.2) is 9.97 Å². The maximum absolute atomic E-state index is 13.3. The molecule has 3 aromatic heterocycles. The van der Waals surface area contributed by atoms with Crippen LogP contribution in [0.1, 0.15) is 36.5 Å². The Morgan fingerprint density at radius 2 is 1.78 bits per heavy atom. The average Bonchev–Trinajstić information content (AvgIpc) is 2.86. The van der Waals surface area contributed by atoms with E-state index in [0.29, 0.717) is 28.5 Å². The van der Waals surface area contributed by atoms with Crippen LogP contribution in [0.5, 0.6) is 11.5 Å². The number of methoxy groups -OCH3 is 1. The lowest BCUT2D eigenvalue weighted by Gasteiger charge is -2.18. The van der Waals surface area contributed by atoms with Crippen molar-refractivity contribution in [3.8, 4) is 28.6 Å². The Kier molecular flexibility index (Phi) is 7.10. The van der Waals surface area contributed by atoms with Crippen LogP contribution in [0.3, 0.4) is 0 Å². The Bertz CT molecular complexity index is 1460. The minimum absolute atomic E-state index is 0.0155. The van der Waals surface area contributed by atoms with E-state index in [0.717, 1.165) is 16.9 Å². The molecule has 0 saturated heterocycles. The van der Waals surface area contributed by atoms with Gasteiger partial charge in [-0.1, -0.05) is 23.7 Å². The molecule has 1 N–H and O–H groups in total. The van der Waals surface area contributed by atoms with Crippen molar-refractivity contribution in [3.05, 3.63) is 92.9 Å². The van der Waals surface area contributed by atoms with Gasteiger partial charge in [0.2, 0.25) is 0 Å². The fourth-order valence-corrected chi connectivity index (χ4v) is 3.85. The van der Waals surface area contributed by atoms with Crippen molar-refractivity contribution in [2.24, 2.45) is 0 Å². The maximum Gasteiger partial charge on any atom is 0.277 e. The Morgan fingerprint density at radius 1 is 1.06 bits per heavy atom. The molecule has 0 aliphatic heterocycles. The van der Waals surface area contributed by atoms with Gasteiger partial charge in [-0.05, 0) is 63.1 Å². The summed E-state index contributed by atoms with van der Waals surface area (Å²) in [6.45, 7) is 7.16. The smallest absolute Gasteiger partial charge is 0.277 e. The summed E-state index contributed by atoms with van der Waals surface area (Å²) >= 11 is 6.47. The van der Waals surface area contributed by atoms with Crippen LogP contribution in [0.2, 0.25) is 5.02 Å². The molecule has 0 aliphatic carbocycles. The summed E-state index contributed by atoms with van der Waals surface area (Å²) in [5, 5.41) is 10.3. The van der Waals surface area contributed by atoms with Crippen LogP contribution in [-0.4, -0.2) is 31.7 Å². The molecule has 9 heteroatoms. The minimum Gasteiger partial charge on any atom is -0.497 e. The van der Waals surface area contributed by atoms with Gasteiger partial charge in [0.15, 0.2) is 5.82 Å². The molecule has 0 fully saturated rings. The SMILES string of the molecule is COc1ccc(COc2cc(C)n(-c3cc(-c4ccnc(C(C)(C)O)n4)ncc3C)c(=O)c2Cl)cc1. The van der Waals surface area contributed by atoms with Crippen molar-refractivity contribution in [1.82, 2.24) is 19.5 Å². The number of rotatable bonds is 7. The average molecular weight is 507 g/mol. The molecule has 0 unspecified atom stereocenters. The number of hydrogen-bond acceptors (Lipinski definition) is 7. The first-order valence-electron chi connectivity index (χ1n) is 11.3.